The van der Waals surface area contributed by atoms with Gasteiger partial charge in [-0.1, -0.05) is 43.6 Å². The van der Waals surface area contributed by atoms with E-state index in [0.717, 1.165) is 24.1 Å². The lowest BCUT2D eigenvalue weighted by atomic mass is 10.1. The van der Waals surface area contributed by atoms with Crippen LogP contribution in [0.4, 0.5) is 5.69 Å². The van der Waals surface area contributed by atoms with E-state index < -0.39 is 0 Å². The summed E-state index contributed by atoms with van der Waals surface area (Å²) in [6.45, 7) is 5.52. The molecule has 0 spiro atoms. The molecule has 0 amide bonds. The topological polar surface area (TPSA) is 30.5 Å². The Kier molecular flexibility index (Phi) is 6.60. The standard InChI is InChI=1S/C19H24ClNO2/c1-4-10-23-19-16(20)11-14(12-18(19)22-3)13-21-17-9-7-6-8-15(17)5-2/h6-9,11-12,21H,4-5,10,13H2,1-3H3. The van der Waals surface area contributed by atoms with Gasteiger partial charge in [-0.15, -0.1) is 0 Å². The zero-order valence-electron chi connectivity index (χ0n) is 14.0. The summed E-state index contributed by atoms with van der Waals surface area (Å²) < 4.78 is 11.1. The third-order valence-electron chi connectivity index (χ3n) is 3.62. The number of halogens is 1. The molecule has 0 saturated carbocycles. The minimum atomic E-state index is 0.582. The second-order valence-electron chi connectivity index (χ2n) is 5.32. The number of para-hydroxylation sites is 1. The lowest BCUT2D eigenvalue weighted by Crippen LogP contribution is -2.04. The Labute approximate surface area is 143 Å². The number of benzene rings is 2. The Morgan fingerprint density at radius 3 is 2.61 bits per heavy atom. The molecule has 23 heavy (non-hydrogen) atoms. The Morgan fingerprint density at radius 2 is 1.91 bits per heavy atom. The number of hydrogen-bond donors (Lipinski definition) is 1. The van der Waals surface area contributed by atoms with Crippen molar-refractivity contribution in [3.8, 4) is 11.5 Å². The summed E-state index contributed by atoms with van der Waals surface area (Å²) in [4.78, 5) is 0. The second kappa shape index (κ2) is 8.68. The summed E-state index contributed by atoms with van der Waals surface area (Å²) in [5.41, 5.74) is 3.51. The molecule has 0 radical (unpaired) electrons. The molecular weight excluding hydrogens is 310 g/mol. The molecule has 0 fully saturated rings. The van der Waals surface area contributed by atoms with Crippen LogP contribution in [0.15, 0.2) is 36.4 Å². The van der Waals surface area contributed by atoms with E-state index in [-0.39, 0.29) is 0 Å². The van der Waals surface area contributed by atoms with Gasteiger partial charge in [-0.25, -0.2) is 0 Å². The van der Waals surface area contributed by atoms with Crippen LogP contribution < -0.4 is 14.8 Å². The molecule has 0 saturated heterocycles. The van der Waals surface area contributed by atoms with Crippen LogP contribution in [0, 0.1) is 0 Å². The summed E-state index contributed by atoms with van der Waals surface area (Å²) >= 11 is 6.36. The highest BCUT2D eigenvalue weighted by molar-refractivity contribution is 6.32. The third kappa shape index (κ3) is 4.55. The van der Waals surface area contributed by atoms with E-state index in [2.05, 4.69) is 37.4 Å². The van der Waals surface area contributed by atoms with E-state index in [1.165, 1.54) is 5.56 Å². The summed E-state index contributed by atoms with van der Waals surface area (Å²) in [6, 6.07) is 12.2. The average Bonchev–Trinajstić information content (AvgIpc) is 2.58. The summed E-state index contributed by atoms with van der Waals surface area (Å²) in [7, 11) is 1.63. The first-order valence-electron chi connectivity index (χ1n) is 8.00. The maximum Gasteiger partial charge on any atom is 0.179 e. The first kappa shape index (κ1) is 17.5. The van der Waals surface area contributed by atoms with Gasteiger partial charge in [0, 0.05) is 12.2 Å². The fourth-order valence-corrected chi connectivity index (χ4v) is 2.71. The molecule has 0 aliphatic heterocycles. The van der Waals surface area contributed by atoms with Gasteiger partial charge in [-0.2, -0.15) is 0 Å². The minimum absolute atomic E-state index is 0.582. The summed E-state index contributed by atoms with van der Waals surface area (Å²) in [6.07, 6.45) is 1.92. The number of aryl methyl sites for hydroxylation is 1. The van der Waals surface area contributed by atoms with Crippen molar-refractivity contribution in [2.24, 2.45) is 0 Å². The van der Waals surface area contributed by atoms with Gasteiger partial charge in [-0.3, -0.25) is 0 Å². The quantitative estimate of drug-likeness (QED) is 0.710. The monoisotopic (exact) mass is 333 g/mol. The van der Waals surface area contributed by atoms with Gasteiger partial charge in [-0.05, 0) is 42.2 Å². The van der Waals surface area contributed by atoms with E-state index in [0.29, 0.717) is 29.7 Å². The van der Waals surface area contributed by atoms with Crippen LogP contribution in [-0.2, 0) is 13.0 Å². The van der Waals surface area contributed by atoms with Crippen LogP contribution in [0.1, 0.15) is 31.4 Å². The predicted molar refractivity (Wildman–Crippen MR) is 96.9 cm³/mol. The Hall–Kier alpha value is -1.87. The highest BCUT2D eigenvalue weighted by Gasteiger charge is 2.12. The van der Waals surface area contributed by atoms with Crippen molar-refractivity contribution in [3.63, 3.8) is 0 Å². The van der Waals surface area contributed by atoms with Crippen molar-refractivity contribution >= 4 is 17.3 Å². The van der Waals surface area contributed by atoms with Crippen LogP contribution in [0.3, 0.4) is 0 Å². The molecule has 2 aromatic carbocycles. The van der Waals surface area contributed by atoms with Gasteiger partial charge < -0.3 is 14.8 Å². The molecule has 2 rings (SSSR count). The number of methoxy groups -OCH3 is 1. The maximum atomic E-state index is 6.36. The number of rotatable bonds is 8. The van der Waals surface area contributed by atoms with Crippen molar-refractivity contribution in [2.45, 2.75) is 33.2 Å². The summed E-state index contributed by atoms with van der Waals surface area (Å²) in [5.74, 6) is 1.29. The lowest BCUT2D eigenvalue weighted by Gasteiger charge is -2.15. The molecule has 3 nitrogen and oxygen atoms in total. The normalized spacial score (nSPS) is 10.4. The average molecular weight is 334 g/mol. The van der Waals surface area contributed by atoms with E-state index in [4.69, 9.17) is 21.1 Å². The number of anilines is 1. The SMILES string of the molecule is CCCOc1c(Cl)cc(CNc2ccccc2CC)cc1OC. The fraction of sp³-hybridized carbons (Fsp3) is 0.368. The smallest absolute Gasteiger partial charge is 0.179 e. The van der Waals surface area contributed by atoms with Gasteiger partial charge in [0.2, 0.25) is 0 Å². The lowest BCUT2D eigenvalue weighted by molar-refractivity contribution is 0.294. The van der Waals surface area contributed by atoms with Crippen molar-refractivity contribution in [1.82, 2.24) is 0 Å². The molecule has 0 aromatic heterocycles. The fourth-order valence-electron chi connectivity index (χ4n) is 2.42. The molecule has 0 bridgehead atoms. The summed E-state index contributed by atoms with van der Waals surface area (Å²) in [5, 5.41) is 4.05. The highest BCUT2D eigenvalue weighted by Crippen LogP contribution is 2.36. The van der Waals surface area contributed by atoms with Crippen molar-refractivity contribution in [1.29, 1.82) is 0 Å². The van der Waals surface area contributed by atoms with Crippen LogP contribution >= 0.6 is 11.6 Å². The zero-order valence-corrected chi connectivity index (χ0v) is 14.7. The second-order valence-corrected chi connectivity index (χ2v) is 5.73. The maximum absolute atomic E-state index is 6.36. The molecular formula is C19H24ClNO2. The molecule has 4 heteroatoms. The van der Waals surface area contributed by atoms with E-state index in [1.807, 2.05) is 18.2 Å². The predicted octanol–water partition coefficient (Wildman–Crippen LogP) is 5.31. The first-order chi connectivity index (χ1) is 11.2. The molecule has 0 atom stereocenters. The van der Waals surface area contributed by atoms with Crippen molar-refractivity contribution in [2.75, 3.05) is 19.0 Å². The van der Waals surface area contributed by atoms with Crippen LogP contribution in [0.25, 0.3) is 0 Å². The third-order valence-corrected chi connectivity index (χ3v) is 3.90. The van der Waals surface area contributed by atoms with Crippen LogP contribution in [0.2, 0.25) is 5.02 Å². The Bertz CT molecular complexity index is 643. The number of hydrogen-bond acceptors (Lipinski definition) is 3. The largest absolute Gasteiger partial charge is 0.493 e. The van der Waals surface area contributed by atoms with E-state index >= 15 is 0 Å². The zero-order chi connectivity index (χ0) is 16.7. The molecule has 124 valence electrons. The van der Waals surface area contributed by atoms with Gasteiger partial charge in [0.25, 0.3) is 0 Å². The molecule has 0 aliphatic carbocycles. The molecule has 0 aliphatic rings. The Morgan fingerprint density at radius 1 is 1.13 bits per heavy atom. The van der Waals surface area contributed by atoms with Crippen LogP contribution in [-0.4, -0.2) is 13.7 Å². The molecule has 0 unspecified atom stereocenters. The van der Waals surface area contributed by atoms with Gasteiger partial charge in [0.05, 0.1) is 18.7 Å². The molecule has 1 N–H and O–H groups in total. The van der Waals surface area contributed by atoms with E-state index in [1.54, 1.807) is 7.11 Å². The molecule has 2 aromatic rings. The number of ether oxygens (including phenoxy) is 2. The van der Waals surface area contributed by atoms with Crippen molar-refractivity contribution in [3.05, 3.63) is 52.5 Å². The first-order valence-corrected chi connectivity index (χ1v) is 8.38. The van der Waals surface area contributed by atoms with Crippen molar-refractivity contribution < 1.29 is 9.47 Å². The van der Waals surface area contributed by atoms with E-state index in [9.17, 15) is 0 Å². The van der Waals surface area contributed by atoms with Gasteiger partial charge >= 0.3 is 0 Å². The van der Waals surface area contributed by atoms with Gasteiger partial charge in [0.15, 0.2) is 11.5 Å². The Balaban J connectivity index is 2.15. The van der Waals surface area contributed by atoms with Gasteiger partial charge in [0.1, 0.15) is 0 Å². The minimum Gasteiger partial charge on any atom is -0.493 e. The highest BCUT2D eigenvalue weighted by atomic mass is 35.5. The van der Waals surface area contributed by atoms with Crippen LogP contribution in [0.5, 0.6) is 11.5 Å². The molecule has 0 heterocycles. The number of nitrogens with one attached hydrogen (secondary N) is 1.